The van der Waals surface area contributed by atoms with E-state index < -0.39 is 0 Å². The molecule has 2 rings (SSSR count). The molecule has 6 heteroatoms. The third-order valence-electron chi connectivity index (χ3n) is 4.19. The topological polar surface area (TPSA) is 55.6 Å². The van der Waals surface area contributed by atoms with Crippen molar-refractivity contribution < 1.29 is 9.53 Å². The van der Waals surface area contributed by atoms with Crippen LogP contribution in [-0.2, 0) is 4.79 Å². The van der Waals surface area contributed by atoms with Crippen LogP contribution in [-0.4, -0.2) is 37.6 Å². The summed E-state index contributed by atoms with van der Waals surface area (Å²) in [5.74, 6) is 1.23. The lowest BCUT2D eigenvalue weighted by molar-refractivity contribution is -0.131. The second kappa shape index (κ2) is 7.53. The second-order valence-corrected chi connectivity index (χ2v) is 6.63. The predicted octanol–water partition coefficient (Wildman–Crippen LogP) is 3.30. The fourth-order valence-electron chi connectivity index (χ4n) is 2.84. The first kappa shape index (κ1) is 17.4. The Labute approximate surface area is 141 Å². The van der Waals surface area contributed by atoms with Crippen molar-refractivity contribution in [3.8, 4) is 5.75 Å². The number of ether oxygens (including phenoxy) is 1. The molecule has 122 valence electrons. The smallest absolute Gasteiger partial charge is 0.222 e. The van der Waals surface area contributed by atoms with Gasteiger partial charge in [0.25, 0.3) is 0 Å². The number of carbonyl (C=O) groups excluding carboxylic acids is 1. The lowest BCUT2D eigenvalue weighted by Gasteiger charge is -2.20. The molecular weight excluding hydrogens is 323 g/mol. The summed E-state index contributed by atoms with van der Waals surface area (Å²) < 4.78 is 5.41. The number of amides is 1. The molecule has 1 aliphatic rings. The summed E-state index contributed by atoms with van der Waals surface area (Å²) in [6.45, 7) is 3.89. The average Bonchev–Trinajstić information content (AvgIpc) is 2.99. The molecule has 2 atom stereocenters. The highest BCUT2D eigenvalue weighted by atomic mass is 35.5. The van der Waals surface area contributed by atoms with Crippen LogP contribution in [0.25, 0.3) is 0 Å². The minimum atomic E-state index is 0.151. The highest BCUT2D eigenvalue weighted by molar-refractivity contribution is 6.42. The molecule has 1 fully saturated rings. The number of rotatable bonds is 5. The van der Waals surface area contributed by atoms with Gasteiger partial charge in [-0.25, -0.2) is 0 Å². The number of nitrogens with two attached hydrogens (primary N) is 1. The summed E-state index contributed by atoms with van der Waals surface area (Å²) in [4.78, 5) is 14.2. The van der Waals surface area contributed by atoms with Crippen molar-refractivity contribution in [2.24, 2.45) is 11.7 Å². The zero-order valence-corrected chi connectivity index (χ0v) is 14.5. The largest absolute Gasteiger partial charge is 0.496 e. The van der Waals surface area contributed by atoms with Crippen LogP contribution in [0.2, 0.25) is 10.0 Å². The van der Waals surface area contributed by atoms with Gasteiger partial charge < -0.3 is 15.4 Å². The molecule has 1 aromatic rings. The zero-order valence-electron chi connectivity index (χ0n) is 12.9. The first-order chi connectivity index (χ1) is 10.5. The number of halogens is 2. The second-order valence-electron chi connectivity index (χ2n) is 5.85. The predicted molar refractivity (Wildman–Crippen MR) is 89.8 cm³/mol. The van der Waals surface area contributed by atoms with Gasteiger partial charge in [-0.3, -0.25) is 4.79 Å². The van der Waals surface area contributed by atoms with Crippen molar-refractivity contribution in [3.05, 3.63) is 27.7 Å². The van der Waals surface area contributed by atoms with Gasteiger partial charge in [-0.2, -0.15) is 0 Å². The normalized spacial score (nSPS) is 19.3. The fraction of sp³-hybridized carbons (Fsp3) is 0.562. The molecule has 0 bridgehead atoms. The van der Waals surface area contributed by atoms with Gasteiger partial charge in [0.15, 0.2) is 0 Å². The van der Waals surface area contributed by atoms with Crippen LogP contribution in [0.15, 0.2) is 12.1 Å². The van der Waals surface area contributed by atoms with Crippen molar-refractivity contribution in [2.45, 2.75) is 25.7 Å². The van der Waals surface area contributed by atoms with Gasteiger partial charge in [-0.15, -0.1) is 0 Å². The molecule has 1 saturated heterocycles. The van der Waals surface area contributed by atoms with E-state index in [1.807, 2.05) is 17.9 Å². The molecule has 0 spiro atoms. The summed E-state index contributed by atoms with van der Waals surface area (Å²) in [6.07, 6.45) is 1.35. The van der Waals surface area contributed by atoms with Crippen LogP contribution in [0.3, 0.4) is 0 Å². The molecule has 1 unspecified atom stereocenters. The van der Waals surface area contributed by atoms with Crippen molar-refractivity contribution in [1.82, 2.24) is 4.90 Å². The van der Waals surface area contributed by atoms with E-state index in [0.29, 0.717) is 29.6 Å². The maximum Gasteiger partial charge on any atom is 0.222 e. The van der Waals surface area contributed by atoms with Crippen LogP contribution in [0, 0.1) is 5.92 Å². The van der Waals surface area contributed by atoms with Gasteiger partial charge >= 0.3 is 0 Å². The Hall–Kier alpha value is -0.970. The van der Waals surface area contributed by atoms with Gasteiger partial charge in [0.2, 0.25) is 5.91 Å². The van der Waals surface area contributed by atoms with Crippen molar-refractivity contribution in [1.29, 1.82) is 0 Å². The quantitative estimate of drug-likeness (QED) is 0.891. The number of benzene rings is 1. The Kier molecular flexibility index (Phi) is 5.95. The SMILES string of the molecule is COc1ccc(Cl)c(Cl)c1[C@H]1CCN(C(=O)CC(C)CN)C1. The highest BCUT2D eigenvalue weighted by Gasteiger charge is 2.31. The fourth-order valence-corrected chi connectivity index (χ4v) is 3.32. The molecule has 0 aliphatic carbocycles. The highest BCUT2D eigenvalue weighted by Crippen LogP contribution is 2.41. The number of methoxy groups -OCH3 is 1. The van der Waals surface area contributed by atoms with Crippen LogP contribution >= 0.6 is 23.2 Å². The molecular formula is C16H22Cl2N2O2. The van der Waals surface area contributed by atoms with E-state index in [-0.39, 0.29) is 17.7 Å². The third kappa shape index (κ3) is 3.67. The van der Waals surface area contributed by atoms with Crippen LogP contribution in [0.5, 0.6) is 5.75 Å². The molecule has 1 aromatic carbocycles. The summed E-state index contributed by atoms with van der Waals surface area (Å²) >= 11 is 12.5. The lowest BCUT2D eigenvalue weighted by atomic mass is 9.97. The Morgan fingerprint density at radius 1 is 1.50 bits per heavy atom. The standard InChI is InChI=1S/C16H22Cl2N2O2/c1-10(8-19)7-14(21)20-6-5-11(9-20)15-13(22-2)4-3-12(17)16(15)18/h3-4,10-11H,5-9,19H2,1-2H3/t10?,11-/m0/s1. The van der Waals surface area contributed by atoms with Crippen molar-refractivity contribution >= 4 is 29.1 Å². The molecule has 4 nitrogen and oxygen atoms in total. The number of likely N-dealkylation sites (tertiary alicyclic amines) is 1. The molecule has 0 saturated carbocycles. The molecule has 1 amide bonds. The Morgan fingerprint density at radius 3 is 2.86 bits per heavy atom. The lowest BCUT2D eigenvalue weighted by Crippen LogP contribution is -2.31. The third-order valence-corrected chi connectivity index (χ3v) is 5.01. The Bertz CT molecular complexity index is 551. The van der Waals surface area contributed by atoms with Crippen LogP contribution in [0.4, 0.5) is 0 Å². The molecule has 1 heterocycles. The number of nitrogens with zero attached hydrogens (tertiary/aromatic N) is 1. The molecule has 1 aliphatic heterocycles. The Balaban J connectivity index is 2.14. The minimum Gasteiger partial charge on any atom is -0.496 e. The van der Waals surface area contributed by atoms with E-state index in [4.69, 9.17) is 33.7 Å². The first-order valence-corrected chi connectivity index (χ1v) is 8.23. The van der Waals surface area contributed by atoms with E-state index in [2.05, 4.69) is 0 Å². The minimum absolute atomic E-state index is 0.151. The molecule has 2 N–H and O–H groups in total. The van der Waals surface area contributed by atoms with E-state index in [1.165, 1.54) is 0 Å². The molecule has 0 radical (unpaired) electrons. The number of carbonyl (C=O) groups is 1. The van der Waals surface area contributed by atoms with Gasteiger partial charge in [0.05, 0.1) is 17.2 Å². The van der Waals surface area contributed by atoms with E-state index in [0.717, 1.165) is 24.3 Å². The van der Waals surface area contributed by atoms with E-state index in [1.54, 1.807) is 13.2 Å². The number of hydrogen-bond donors (Lipinski definition) is 1. The zero-order chi connectivity index (χ0) is 16.3. The summed E-state index contributed by atoms with van der Waals surface area (Å²) in [6, 6.07) is 3.55. The molecule has 0 aromatic heterocycles. The van der Waals surface area contributed by atoms with E-state index in [9.17, 15) is 4.79 Å². The van der Waals surface area contributed by atoms with Crippen molar-refractivity contribution in [3.63, 3.8) is 0 Å². The van der Waals surface area contributed by atoms with E-state index >= 15 is 0 Å². The van der Waals surface area contributed by atoms with Crippen molar-refractivity contribution in [2.75, 3.05) is 26.7 Å². The summed E-state index contributed by atoms with van der Waals surface area (Å²) in [7, 11) is 1.61. The molecule has 22 heavy (non-hydrogen) atoms. The van der Waals surface area contributed by atoms with Gasteiger partial charge in [0, 0.05) is 31.0 Å². The van der Waals surface area contributed by atoms with Gasteiger partial charge in [-0.1, -0.05) is 30.1 Å². The maximum absolute atomic E-state index is 12.3. The average molecular weight is 345 g/mol. The van der Waals surface area contributed by atoms with Crippen LogP contribution < -0.4 is 10.5 Å². The number of hydrogen-bond acceptors (Lipinski definition) is 3. The summed E-state index contributed by atoms with van der Waals surface area (Å²) in [5, 5.41) is 1.04. The Morgan fingerprint density at radius 2 is 2.23 bits per heavy atom. The first-order valence-electron chi connectivity index (χ1n) is 7.47. The van der Waals surface area contributed by atoms with Gasteiger partial charge in [0.1, 0.15) is 5.75 Å². The van der Waals surface area contributed by atoms with Gasteiger partial charge in [-0.05, 0) is 31.0 Å². The van der Waals surface area contributed by atoms with Crippen LogP contribution in [0.1, 0.15) is 31.2 Å². The summed E-state index contributed by atoms with van der Waals surface area (Å²) in [5.41, 5.74) is 6.49. The monoisotopic (exact) mass is 344 g/mol. The maximum atomic E-state index is 12.3.